The van der Waals surface area contributed by atoms with Crippen molar-refractivity contribution >= 4 is 16.2 Å². The van der Waals surface area contributed by atoms with E-state index in [4.69, 9.17) is 9.47 Å². The Morgan fingerprint density at radius 3 is 2.23 bits per heavy atom. The van der Waals surface area contributed by atoms with Crippen LogP contribution in [-0.4, -0.2) is 55.5 Å². The molecule has 0 radical (unpaired) electrons. The van der Waals surface area contributed by atoms with E-state index in [0.717, 1.165) is 12.8 Å². The lowest BCUT2D eigenvalue weighted by atomic mass is 9.92. The minimum atomic E-state index is -5.60. The molecule has 152 valence electrons. The molecule has 0 spiro atoms. The van der Waals surface area contributed by atoms with Crippen LogP contribution in [0.3, 0.4) is 0 Å². The monoisotopic (exact) mass is 403 g/mol. The highest BCUT2D eigenvalue weighted by atomic mass is 32.2. The summed E-state index contributed by atoms with van der Waals surface area (Å²) in [4.78, 5) is 13.7. The van der Waals surface area contributed by atoms with Crippen LogP contribution in [0.1, 0.15) is 52.9 Å². The van der Waals surface area contributed by atoms with Crippen molar-refractivity contribution in [3.05, 3.63) is 0 Å². The van der Waals surface area contributed by atoms with Crippen LogP contribution in [0.25, 0.3) is 0 Å². The first-order valence-corrected chi connectivity index (χ1v) is 9.84. The molecule has 1 saturated heterocycles. The summed E-state index contributed by atoms with van der Waals surface area (Å²) < 4.78 is 74.1. The van der Waals surface area contributed by atoms with Crippen molar-refractivity contribution in [1.29, 1.82) is 0 Å². The van der Waals surface area contributed by atoms with Crippen molar-refractivity contribution in [2.45, 2.75) is 82.4 Å². The van der Waals surface area contributed by atoms with Crippen LogP contribution in [0, 0.1) is 0 Å². The van der Waals surface area contributed by atoms with Gasteiger partial charge in [0.1, 0.15) is 11.8 Å². The number of nitrogens with zero attached hydrogens (tertiary/aromatic N) is 1. The summed E-state index contributed by atoms with van der Waals surface area (Å²) in [6, 6.07) is 0. The molecule has 1 unspecified atom stereocenters. The minimum Gasteiger partial charge on any atom is -0.444 e. The summed E-state index contributed by atoms with van der Waals surface area (Å²) in [6.45, 7) is 5.72. The van der Waals surface area contributed by atoms with Gasteiger partial charge in [-0.1, -0.05) is 0 Å². The number of alkyl halides is 3. The van der Waals surface area contributed by atoms with Crippen LogP contribution in [0.15, 0.2) is 0 Å². The van der Waals surface area contributed by atoms with E-state index in [-0.39, 0.29) is 12.8 Å². The highest BCUT2D eigenvalue weighted by Crippen LogP contribution is 2.35. The molecule has 2 rings (SSSR count). The van der Waals surface area contributed by atoms with Gasteiger partial charge in [-0.05, 0) is 40.0 Å². The predicted octanol–water partition coefficient (Wildman–Crippen LogP) is 3.15. The van der Waals surface area contributed by atoms with Gasteiger partial charge in [-0.15, -0.1) is 0 Å². The highest BCUT2D eigenvalue weighted by molar-refractivity contribution is 7.87. The Bertz CT molecular complexity index is 610. The molecule has 0 aromatic carbocycles. The Balaban J connectivity index is 1.86. The van der Waals surface area contributed by atoms with Crippen LogP contribution in [0.2, 0.25) is 0 Å². The van der Waals surface area contributed by atoms with Gasteiger partial charge in [-0.3, -0.25) is 9.08 Å². The lowest BCUT2D eigenvalue weighted by molar-refractivity contribution is -0.156. The van der Waals surface area contributed by atoms with E-state index in [1.165, 1.54) is 4.90 Å². The third-order valence-corrected chi connectivity index (χ3v) is 5.12. The molecule has 2 aliphatic rings. The fourth-order valence-corrected chi connectivity index (χ4v) is 3.36. The number of piperidine rings is 1. The highest BCUT2D eigenvalue weighted by Gasteiger charge is 2.50. The maximum Gasteiger partial charge on any atom is 0.523 e. The Labute approximate surface area is 150 Å². The summed E-state index contributed by atoms with van der Waals surface area (Å²) in [6.07, 6.45) is -0.290. The molecule has 1 amide bonds. The number of carbonyl (C=O) groups excluding carboxylic acids is 1. The van der Waals surface area contributed by atoms with Crippen molar-refractivity contribution in [2.24, 2.45) is 0 Å². The Kier molecular flexibility index (Phi) is 6.13. The van der Waals surface area contributed by atoms with Crippen molar-refractivity contribution < 1.29 is 40.0 Å². The molecule has 2 fully saturated rings. The molecular weight excluding hydrogens is 379 g/mol. The fourth-order valence-electron chi connectivity index (χ4n) is 2.73. The zero-order valence-electron chi connectivity index (χ0n) is 14.9. The first-order chi connectivity index (χ1) is 11.8. The molecule has 1 heterocycles. The third-order valence-electron chi connectivity index (χ3n) is 4.02. The first kappa shape index (κ1) is 21.2. The quantitative estimate of drug-likeness (QED) is 0.530. The zero-order valence-corrected chi connectivity index (χ0v) is 15.7. The number of rotatable bonds is 4. The van der Waals surface area contributed by atoms with Gasteiger partial charge < -0.3 is 9.47 Å². The zero-order chi connectivity index (χ0) is 19.8. The average molecular weight is 403 g/mol. The van der Waals surface area contributed by atoms with Gasteiger partial charge in [-0.25, -0.2) is 4.79 Å². The second-order valence-corrected chi connectivity index (χ2v) is 9.04. The molecule has 1 atom stereocenters. The van der Waals surface area contributed by atoms with E-state index in [2.05, 4.69) is 4.18 Å². The van der Waals surface area contributed by atoms with E-state index < -0.39 is 45.8 Å². The van der Waals surface area contributed by atoms with E-state index in [1.54, 1.807) is 20.8 Å². The average Bonchev–Trinajstić information content (AvgIpc) is 2.42. The number of ether oxygens (including phenoxy) is 2. The lowest BCUT2D eigenvalue weighted by Gasteiger charge is -2.42. The third kappa shape index (κ3) is 5.46. The summed E-state index contributed by atoms with van der Waals surface area (Å²) in [7, 11) is -5.60. The molecule has 0 aromatic heterocycles. The topological polar surface area (TPSA) is 82.1 Å². The molecule has 0 N–H and O–H groups in total. The van der Waals surface area contributed by atoms with Gasteiger partial charge in [0.2, 0.25) is 0 Å². The van der Waals surface area contributed by atoms with E-state index >= 15 is 0 Å². The first-order valence-electron chi connectivity index (χ1n) is 8.43. The largest absolute Gasteiger partial charge is 0.523 e. The molecule has 0 aromatic rings. The number of likely N-dealkylation sites (tertiary alicyclic amines) is 1. The smallest absolute Gasteiger partial charge is 0.444 e. The second-order valence-electron chi connectivity index (χ2n) is 7.47. The van der Waals surface area contributed by atoms with Gasteiger partial charge in [0.15, 0.2) is 0 Å². The summed E-state index contributed by atoms with van der Waals surface area (Å²) in [5.41, 5.74) is -6.09. The second kappa shape index (κ2) is 7.51. The predicted molar refractivity (Wildman–Crippen MR) is 84.5 cm³/mol. The molecular formula is C15H24F3NO6S. The minimum absolute atomic E-state index is 0.0218. The fraction of sp³-hybridized carbons (Fsp3) is 0.933. The lowest BCUT2D eigenvalue weighted by Crippen LogP contribution is -2.51. The van der Waals surface area contributed by atoms with Gasteiger partial charge in [0.05, 0.1) is 12.2 Å². The van der Waals surface area contributed by atoms with Gasteiger partial charge in [0.25, 0.3) is 0 Å². The SMILES string of the molecule is CC(C)(C)OC(=O)N1CCCCC1OC1CC(OS(=O)(=O)C(F)(F)F)C1. The van der Waals surface area contributed by atoms with Crippen molar-refractivity contribution in [2.75, 3.05) is 6.54 Å². The number of carbonyl (C=O) groups is 1. The summed E-state index contributed by atoms with van der Waals surface area (Å²) in [5, 5.41) is 0. The maximum atomic E-state index is 12.3. The Hall–Kier alpha value is -1.07. The van der Waals surface area contributed by atoms with E-state index in [1.807, 2.05) is 0 Å². The number of hydrogen-bond donors (Lipinski definition) is 0. The molecule has 1 saturated carbocycles. The van der Waals surface area contributed by atoms with Gasteiger partial charge >= 0.3 is 21.7 Å². The summed E-state index contributed by atoms with van der Waals surface area (Å²) >= 11 is 0. The number of amides is 1. The van der Waals surface area contributed by atoms with Crippen LogP contribution in [-0.2, 0) is 23.8 Å². The van der Waals surface area contributed by atoms with Crippen LogP contribution >= 0.6 is 0 Å². The maximum absolute atomic E-state index is 12.3. The van der Waals surface area contributed by atoms with Crippen molar-refractivity contribution in [1.82, 2.24) is 4.90 Å². The van der Waals surface area contributed by atoms with Gasteiger partial charge in [-0.2, -0.15) is 21.6 Å². The van der Waals surface area contributed by atoms with Crippen LogP contribution in [0.5, 0.6) is 0 Å². The molecule has 11 heteroatoms. The molecule has 26 heavy (non-hydrogen) atoms. The molecule has 1 aliphatic carbocycles. The number of halogens is 3. The Morgan fingerprint density at radius 2 is 1.69 bits per heavy atom. The van der Waals surface area contributed by atoms with E-state index in [9.17, 15) is 26.4 Å². The van der Waals surface area contributed by atoms with Crippen molar-refractivity contribution in [3.8, 4) is 0 Å². The van der Waals surface area contributed by atoms with E-state index in [0.29, 0.717) is 13.0 Å². The normalized spacial score (nSPS) is 27.8. The molecule has 1 aliphatic heterocycles. The Morgan fingerprint density at radius 1 is 1.08 bits per heavy atom. The van der Waals surface area contributed by atoms with Crippen molar-refractivity contribution in [3.63, 3.8) is 0 Å². The molecule has 0 bridgehead atoms. The van der Waals surface area contributed by atoms with Crippen LogP contribution in [0.4, 0.5) is 18.0 Å². The summed E-state index contributed by atoms with van der Waals surface area (Å²) in [5.74, 6) is 0. The standard InChI is InChI=1S/C15H24F3NO6S/c1-14(2,3)24-13(20)19-7-5-4-6-12(19)23-10-8-11(9-10)25-26(21,22)15(16,17)18/h10-12H,4-9H2,1-3H3. The van der Waals surface area contributed by atoms with Crippen LogP contribution < -0.4 is 0 Å². The van der Waals surface area contributed by atoms with Gasteiger partial charge in [0, 0.05) is 19.4 Å². The molecule has 7 nitrogen and oxygen atoms in total. The number of hydrogen-bond acceptors (Lipinski definition) is 6.